The van der Waals surface area contributed by atoms with Gasteiger partial charge in [-0.2, -0.15) is 0 Å². The summed E-state index contributed by atoms with van der Waals surface area (Å²) in [6.45, 7) is 4.98. The van der Waals surface area contributed by atoms with Gasteiger partial charge in [0.1, 0.15) is 10.7 Å². The molecule has 1 aliphatic rings. The van der Waals surface area contributed by atoms with Gasteiger partial charge in [-0.15, -0.1) is 11.3 Å². The summed E-state index contributed by atoms with van der Waals surface area (Å²) >= 11 is 1.33. The molecule has 0 saturated carbocycles. The fourth-order valence-corrected chi connectivity index (χ4v) is 5.00. The molecule has 1 aliphatic heterocycles. The Morgan fingerprint density at radius 1 is 1.31 bits per heavy atom. The topological polar surface area (TPSA) is 67.2 Å². The number of rotatable bonds is 7. The zero-order valence-electron chi connectivity index (χ0n) is 16.9. The molecule has 4 rings (SSSR count). The van der Waals surface area contributed by atoms with Crippen LogP contribution in [0, 0.1) is 6.92 Å². The Hall–Kier alpha value is -2.51. The molecule has 1 N–H and O–H groups in total. The first-order valence-electron chi connectivity index (χ1n) is 10.1. The fourth-order valence-electron chi connectivity index (χ4n) is 3.90. The van der Waals surface area contributed by atoms with Crippen LogP contribution >= 0.6 is 11.3 Å². The minimum atomic E-state index is -0.110. The van der Waals surface area contributed by atoms with Gasteiger partial charge < -0.3 is 10.2 Å². The van der Waals surface area contributed by atoms with Gasteiger partial charge in [0.25, 0.3) is 11.5 Å². The van der Waals surface area contributed by atoms with Gasteiger partial charge in [0, 0.05) is 26.1 Å². The van der Waals surface area contributed by atoms with Crippen LogP contribution in [-0.2, 0) is 19.5 Å². The second-order valence-electron chi connectivity index (χ2n) is 7.66. The average Bonchev–Trinajstić information content (AvgIpc) is 3.31. The summed E-state index contributed by atoms with van der Waals surface area (Å²) < 4.78 is 1.76. The summed E-state index contributed by atoms with van der Waals surface area (Å²) in [6, 6.07) is 10.4. The van der Waals surface area contributed by atoms with Gasteiger partial charge in [0.15, 0.2) is 0 Å². The minimum Gasteiger partial charge on any atom is -0.351 e. The van der Waals surface area contributed by atoms with Crippen LogP contribution in [0.25, 0.3) is 10.2 Å². The third kappa shape index (κ3) is 4.11. The Labute approximate surface area is 174 Å². The zero-order chi connectivity index (χ0) is 20.4. The normalized spacial score (nSPS) is 13.2. The molecule has 2 aromatic heterocycles. The predicted molar refractivity (Wildman–Crippen MR) is 117 cm³/mol. The van der Waals surface area contributed by atoms with Crippen LogP contribution < -0.4 is 10.9 Å². The number of thiophene rings is 1. The van der Waals surface area contributed by atoms with Crippen molar-refractivity contribution in [2.45, 2.75) is 39.3 Å². The van der Waals surface area contributed by atoms with E-state index in [4.69, 9.17) is 0 Å². The Kier molecular flexibility index (Phi) is 5.78. The van der Waals surface area contributed by atoms with Gasteiger partial charge in [-0.1, -0.05) is 30.3 Å². The van der Waals surface area contributed by atoms with E-state index >= 15 is 0 Å². The number of carbonyl (C=O) groups is 1. The van der Waals surface area contributed by atoms with Gasteiger partial charge in [-0.3, -0.25) is 14.2 Å². The molecular formula is C22H26N4O2S. The van der Waals surface area contributed by atoms with E-state index < -0.39 is 0 Å². The number of hydrogen-bond donors (Lipinski definition) is 1. The highest BCUT2D eigenvalue weighted by Crippen LogP contribution is 2.28. The van der Waals surface area contributed by atoms with Crippen LogP contribution in [0.15, 0.2) is 35.1 Å². The lowest BCUT2D eigenvalue weighted by Crippen LogP contribution is -2.28. The van der Waals surface area contributed by atoms with E-state index in [1.807, 2.05) is 25.1 Å². The summed E-state index contributed by atoms with van der Waals surface area (Å²) in [5.41, 5.74) is 2.03. The molecule has 1 aromatic carbocycles. The molecule has 0 atom stereocenters. The standard InChI is InChI=1S/C22H26N4O2S/c1-15-18-21(24-17-10-6-13-26(17)22(18)28)29-19(15)20(27)23-11-7-12-25(2)14-16-8-4-3-5-9-16/h3-5,8-9H,6-7,10-14H2,1-2H3,(H,23,27). The molecule has 152 valence electrons. The number of nitrogens with zero attached hydrogens (tertiary/aromatic N) is 3. The molecule has 3 aromatic rings. The quantitative estimate of drug-likeness (QED) is 0.608. The number of fused-ring (bicyclic) bond motifs is 2. The van der Waals surface area contributed by atoms with Gasteiger partial charge in [0.2, 0.25) is 0 Å². The number of hydrogen-bond acceptors (Lipinski definition) is 5. The van der Waals surface area contributed by atoms with Crippen LogP contribution in [0.4, 0.5) is 0 Å². The van der Waals surface area contributed by atoms with Crippen molar-refractivity contribution in [3.05, 3.63) is 62.5 Å². The van der Waals surface area contributed by atoms with Crippen LogP contribution in [0.2, 0.25) is 0 Å². The van der Waals surface area contributed by atoms with Crippen LogP contribution in [0.5, 0.6) is 0 Å². The smallest absolute Gasteiger partial charge is 0.262 e. The van der Waals surface area contributed by atoms with E-state index in [0.717, 1.165) is 50.3 Å². The number of aryl methyl sites for hydroxylation is 2. The Morgan fingerprint density at radius 3 is 2.90 bits per heavy atom. The second kappa shape index (κ2) is 8.47. The Bertz CT molecular complexity index is 1090. The molecule has 7 heteroatoms. The molecule has 0 aliphatic carbocycles. The highest BCUT2D eigenvalue weighted by atomic mass is 32.1. The number of carbonyl (C=O) groups excluding carboxylic acids is 1. The molecule has 0 radical (unpaired) electrons. The maximum absolute atomic E-state index is 12.8. The Morgan fingerprint density at radius 2 is 2.10 bits per heavy atom. The maximum Gasteiger partial charge on any atom is 0.262 e. The fraction of sp³-hybridized carbons (Fsp3) is 0.409. The molecule has 0 unspecified atom stereocenters. The van der Waals surface area contributed by atoms with Gasteiger partial charge >= 0.3 is 0 Å². The first-order chi connectivity index (χ1) is 14.0. The van der Waals surface area contributed by atoms with Crippen LogP contribution in [0.3, 0.4) is 0 Å². The van der Waals surface area contributed by atoms with E-state index in [9.17, 15) is 9.59 Å². The number of nitrogens with one attached hydrogen (secondary N) is 1. The summed E-state index contributed by atoms with van der Waals surface area (Å²) in [7, 11) is 2.09. The molecule has 3 heterocycles. The summed E-state index contributed by atoms with van der Waals surface area (Å²) in [4.78, 5) is 33.6. The SMILES string of the molecule is Cc1c(C(=O)NCCCN(C)Cc2ccccc2)sc2nc3n(c(=O)c12)CCC3. The monoisotopic (exact) mass is 410 g/mol. The lowest BCUT2D eigenvalue weighted by atomic mass is 10.2. The molecular weight excluding hydrogens is 384 g/mol. The third-order valence-electron chi connectivity index (χ3n) is 5.42. The van der Waals surface area contributed by atoms with Gasteiger partial charge in [-0.05, 0) is 44.5 Å². The highest BCUT2D eigenvalue weighted by Gasteiger charge is 2.23. The molecule has 0 spiro atoms. The summed E-state index contributed by atoms with van der Waals surface area (Å²) in [5.74, 6) is 0.734. The van der Waals surface area contributed by atoms with Crippen LogP contribution in [0.1, 0.15) is 39.5 Å². The first-order valence-corrected chi connectivity index (χ1v) is 10.9. The molecule has 29 heavy (non-hydrogen) atoms. The van der Waals surface area contributed by atoms with Crippen molar-refractivity contribution in [3.63, 3.8) is 0 Å². The van der Waals surface area contributed by atoms with Crippen molar-refractivity contribution in [3.8, 4) is 0 Å². The first kappa shape index (κ1) is 19.8. The van der Waals surface area contributed by atoms with E-state index in [1.54, 1.807) is 4.57 Å². The molecule has 1 amide bonds. The summed E-state index contributed by atoms with van der Waals surface area (Å²) in [6.07, 6.45) is 2.67. The van der Waals surface area contributed by atoms with Crippen molar-refractivity contribution >= 4 is 27.5 Å². The minimum absolute atomic E-state index is 0.00200. The lowest BCUT2D eigenvalue weighted by Gasteiger charge is -2.16. The van der Waals surface area contributed by atoms with E-state index in [1.165, 1.54) is 16.9 Å². The number of aromatic nitrogens is 2. The Balaban J connectivity index is 1.35. The van der Waals surface area contributed by atoms with Gasteiger partial charge in [0.05, 0.1) is 10.3 Å². The van der Waals surface area contributed by atoms with E-state index in [-0.39, 0.29) is 11.5 Å². The zero-order valence-corrected chi connectivity index (χ0v) is 17.7. The predicted octanol–water partition coefficient (Wildman–Crippen LogP) is 2.96. The molecule has 0 saturated heterocycles. The van der Waals surface area contributed by atoms with Crippen molar-refractivity contribution in [1.29, 1.82) is 0 Å². The second-order valence-corrected chi connectivity index (χ2v) is 8.66. The molecule has 0 bridgehead atoms. The number of amides is 1. The van der Waals surface area contributed by atoms with E-state index in [0.29, 0.717) is 21.6 Å². The van der Waals surface area contributed by atoms with Crippen molar-refractivity contribution in [2.24, 2.45) is 0 Å². The maximum atomic E-state index is 12.8. The third-order valence-corrected chi connectivity index (χ3v) is 6.60. The number of benzene rings is 1. The average molecular weight is 411 g/mol. The highest BCUT2D eigenvalue weighted by molar-refractivity contribution is 7.20. The van der Waals surface area contributed by atoms with E-state index in [2.05, 4.69) is 34.4 Å². The molecule has 0 fully saturated rings. The summed E-state index contributed by atoms with van der Waals surface area (Å²) in [5, 5.41) is 3.61. The largest absolute Gasteiger partial charge is 0.351 e. The van der Waals surface area contributed by atoms with Gasteiger partial charge in [-0.25, -0.2) is 4.98 Å². The van der Waals surface area contributed by atoms with Crippen molar-refractivity contribution in [2.75, 3.05) is 20.1 Å². The molecule has 6 nitrogen and oxygen atoms in total. The van der Waals surface area contributed by atoms with Crippen LogP contribution in [-0.4, -0.2) is 40.5 Å². The van der Waals surface area contributed by atoms with Crippen molar-refractivity contribution in [1.82, 2.24) is 19.8 Å². The lowest BCUT2D eigenvalue weighted by molar-refractivity contribution is 0.0955. The van der Waals surface area contributed by atoms with Crippen molar-refractivity contribution < 1.29 is 4.79 Å².